The summed E-state index contributed by atoms with van der Waals surface area (Å²) in [5.41, 5.74) is -2.05. The minimum atomic E-state index is -5.45. The molecule has 39 heteroatoms. The van der Waals surface area contributed by atoms with Gasteiger partial charge in [0.15, 0.2) is 0 Å². The number of ether oxygens (including phenoxy) is 1. The van der Waals surface area contributed by atoms with E-state index in [2.05, 4.69) is 55.9 Å². The molecule has 0 aliphatic rings. The number of para-hydroxylation sites is 1. The largest absolute Gasteiger partial charge is 1.00 e. The predicted octanol–water partition coefficient (Wildman–Crippen LogP) is -8.33. The third-order valence-corrected chi connectivity index (χ3v) is 15.5. The fraction of sp³-hybridized carbons (Fsp3) is 0.0588. The maximum absolute atomic E-state index is 14.7. The molecule has 1 aromatic heterocycles. The smallest absolute Gasteiger partial charge is 0.872 e. The molecule has 0 spiro atoms. The molecule has 0 bridgehead atoms. The van der Waals surface area contributed by atoms with E-state index in [1.165, 1.54) is 49.4 Å². The van der Waals surface area contributed by atoms with Crippen LogP contribution in [-0.2, 0) is 40.5 Å². The molecule has 9 aromatic rings. The molecule has 0 saturated heterocycles. The molecule has 0 fully saturated rings. The second-order valence-electron chi connectivity index (χ2n) is 17.8. The van der Waals surface area contributed by atoms with Gasteiger partial charge in [-0.2, -0.15) is 50.6 Å². The second-order valence-corrected chi connectivity index (χ2v) is 23.4. The first-order valence-electron chi connectivity index (χ1n) is 23.6. The predicted molar refractivity (Wildman–Crippen MR) is 291 cm³/mol. The maximum Gasteiger partial charge on any atom is 1.00 e. The minimum absolute atomic E-state index is 0. The Hall–Kier alpha value is -5.20. The molecule has 30 nitrogen and oxygen atoms in total. The fourth-order valence-electron chi connectivity index (χ4n) is 8.08. The number of aromatic nitrogens is 3. The number of anilines is 4. The van der Waals surface area contributed by atoms with Crippen LogP contribution < -0.4 is 189 Å². The molecule has 0 radical (unpaired) electrons. The van der Waals surface area contributed by atoms with Crippen LogP contribution in [0.25, 0.3) is 21.5 Å². The second kappa shape index (κ2) is 31.2. The first kappa shape index (κ1) is 77.2. The number of hydrogen-bond acceptors (Lipinski definition) is 26. The summed E-state index contributed by atoms with van der Waals surface area (Å²) in [6.07, 6.45) is 0. The van der Waals surface area contributed by atoms with Crippen LogP contribution in [0.4, 0.5) is 63.1 Å². The Kier molecular flexibility index (Phi) is 26.7. The van der Waals surface area contributed by atoms with Gasteiger partial charge in [-0.05, 0) is 126 Å². The Morgan fingerprint density at radius 1 is 0.600 bits per heavy atom. The van der Waals surface area contributed by atoms with E-state index in [0.717, 1.165) is 37.4 Å². The molecule has 0 amide bonds. The molecule has 0 aliphatic heterocycles. The van der Waals surface area contributed by atoms with E-state index >= 15 is 0 Å². The van der Waals surface area contributed by atoms with Gasteiger partial charge in [0.05, 0.1) is 61.9 Å². The van der Waals surface area contributed by atoms with E-state index in [1.807, 2.05) is 0 Å². The molecular formula is C51H35N12Na5O18S4. The summed E-state index contributed by atoms with van der Waals surface area (Å²) in [7, 11) is -18.1. The average Bonchev–Trinajstić information content (AvgIpc) is 0.761. The van der Waals surface area contributed by atoms with Crippen LogP contribution in [0.2, 0.25) is 0 Å². The van der Waals surface area contributed by atoms with Gasteiger partial charge in [0.2, 0.25) is 17.5 Å². The zero-order chi connectivity index (χ0) is 61.5. The van der Waals surface area contributed by atoms with Crippen molar-refractivity contribution in [2.75, 3.05) is 24.4 Å². The van der Waals surface area contributed by atoms with Gasteiger partial charge in [-0.15, -0.1) is 15.3 Å². The number of aromatic carboxylic acids is 1. The van der Waals surface area contributed by atoms with Gasteiger partial charge in [-0.3, -0.25) is 18.6 Å². The van der Waals surface area contributed by atoms with Crippen molar-refractivity contribution < 1.29 is 230 Å². The number of carboxylic acids is 1. The van der Waals surface area contributed by atoms with Crippen molar-refractivity contribution in [3.8, 4) is 23.0 Å². The summed E-state index contributed by atoms with van der Waals surface area (Å²) >= 11 is 0. The van der Waals surface area contributed by atoms with Crippen molar-refractivity contribution in [3.05, 3.63) is 144 Å². The first-order chi connectivity index (χ1) is 39.9. The zero-order valence-electron chi connectivity index (χ0n) is 48.2. The maximum atomic E-state index is 14.7. The SMILES string of the molecule is COc1cc(N=Nc2cc(S(=O)(=O)O)cc3cc(S(=O)(=O)O)cc([O-])c23)c(C)cc1N=Nc1c(S(=O)(=O)O)cc2cc(S(=O)(=O)[O-])cc(N=c3nc(Nc4ccc(N=Nc5ccc([O-])c(C(=O)[O-])c5)cc4)nc(N(C)c4ccccc4)[nH]3)c2c1[O-].[Na+].[Na+].[Na+].[Na+].[Na+]. The van der Waals surface area contributed by atoms with Gasteiger partial charge in [0, 0.05) is 35.3 Å². The molecule has 90 heavy (non-hydrogen) atoms. The van der Waals surface area contributed by atoms with Crippen LogP contribution in [0.3, 0.4) is 0 Å². The van der Waals surface area contributed by atoms with Gasteiger partial charge in [0.25, 0.3) is 30.4 Å². The minimum Gasteiger partial charge on any atom is -0.872 e. The molecule has 436 valence electrons. The number of carbonyl (C=O) groups is 1. The summed E-state index contributed by atoms with van der Waals surface area (Å²) in [6, 6.07) is 25.3. The van der Waals surface area contributed by atoms with E-state index in [1.54, 1.807) is 42.3 Å². The van der Waals surface area contributed by atoms with E-state index in [0.29, 0.717) is 35.6 Å². The molecule has 0 saturated carbocycles. The number of nitrogens with one attached hydrogen (secondary N) is 2. The van der Waals surface area contributed by atoms with Crippen molar-refractivity contribution in [2.24, 2.45) is 35.7 Å². The number of hydrogen-bond donors (Lipinski definition) is 5. The van der Waals surface area contributed by atoms with Crippen molar-refractivity contribution >= 4 is 131 Å². The van der Waals surface area contributed by atoms with Gasteiger partial charge in [-0.1, -0.05) is 41.5 Å². The van der Waals surface area contributed by atoms with Crippen LogP contribution >= 0.6 is 0 Å². The number of nitrogens with zero attached hydrogens (tertiary/aromatic N) is 10. The van der Waals surface area contributed by atoms with E-state index in [9.17, 15) is 77.1 Å². The number of aromatic amines is 1. The summed E-state index contributed by atoms with van der Waals surface area (Å²) in [4.78, 5) is 25.2. The Bertz CT molecular complexity index is 4920. The van der Waals surface area contributed by atoms with Crippen LogP contribution in [0.15, 0.2) is 183 Å². The molecule has 1 heterocycles. The van der Waals surface area contributed by atoms with Crippen molar-refractivity contribution in [2.45, 2.75) is 26.5 Å². The molecule has 0 aliphatic carbocycles. The number of carboxylic acid groups (broad SMARTS) is 1. The first-order valence-corrected chi connectivity index (χ1v) is 29.3. The molecule has 0 unspecified atom stereocenters. The molecule has 8 aromatic carbocycles. The number of H-pyrrole nitrogens is 1. The van der Waals surface area contributed by atoms with Crippen LogP contribution in [0, 0.1) is 6.92 Å². The average molecular weight is 1350 g/mol. The molecule has 5 N–H and O–H groups in total. The number of methoxy groups -OCH3 is 1. The van der Waals surface area contributed by atoms with Crippen molar-refractivity contribution in [3.63, 3.8) is 0 Å². The van der Waals surface area contributed by atoms with Crippen molar-refractivity contribution in [1.29, 1.82) is 0 Å². The third-order valence-electron chi connectivity index (χ3n) is 12.1. The summed E-state index contributed by atoms with van der Waals surface area (Å²) in [5, 5.41) is 76.2. The number of azo groups is 3. The van der Waals surface area contributed by atoms with Crippen molar-refractivity contribution in [1.82, 2.24) is 15.0 Å². The summed E-state index contributed by atoms with van der Waals surface area (Å²) in [6.45, 7) is 1.43. The van der Waals surface area contributed by atoms with Gasteiger partial charge in [0.1, 0.15) is 26.5 Å². The fourth-order valence-corrected chi connectivity index (χ4v) is 10.3. The van der Waals surface area contributed by atoms with E-state index < -0.39 is 122 Å². The van der Waals surface area contributed by atoms with Gasteiger partial charge < -0.3 is 44.7 Å². The molecule has 9 rings (SSSR count). The number of rotatable bonds is 17. The van der Waals surface area contributed by atoms with Gasteiger partial charge in [-0.25, -0.2) is 13.4 Å². The van der Waals surface area contributed by atoms with Crippen LogP contribution in [-0.4, -0.2) is 87.0 Å². The van der Waals surface area contributed by atoms with E-state index in [-0.39, 0.29) is 205 Å². The zero-order valence-corrected chi connectivity index (χ0v) is 61.5. The summed E-state index contributed by atoms with van der Waals surface area (Å²) < 4.78 is 147. The number of aryl methyl sites for hydroxylation is 1. The number of benzene rings is 8. The Labute approximate surface area is 621 Å². The van der Waals surface area contributed by atoms with Crippen LogP contribution in [0.5, 0.6) is 23.0 Å². The van der Waals surface area contributed by atoms with Crippen LogP contribution in [0.1, 0.15) is 15.9 Å². The molecule has 0 atom stereocenters. The number of fused-ring (bicyclic) bond motifs is 2. The topological polar surface area (TPSA) is 482 Å². The normalized spacial score (nSPS) is 12.0. The summed E-state index contributed by atoms with van der Waals surface area (Å²) in [5.74, 6) is -5.19. The van der Waals surface area contributed by atoms with Gasteiger partial charge >= 0.3 is 148 Å². The Morgan fingerprint density at radius 3 is 1.77 bits per heavy atom. The van der Waals surface area contributed by atoms with E-state index in [4.69, 9.17) is 4.74 Å². The number of carbonyl (C=O) groups excluding carboxylic acids is 1. The third kappa shape index (κ3) is 18.1. The standard InChI is InChI=1S/C51H40N12O18S4.5Na/c1-25-15-37(42(81-3)24-36(25)59-61-39-22-33(83(72,73)74)16-26-17-34(84(75,76)77)23-41(65)44(26)39)60-62-46-43(85(78,79)80)19-27-18-32(82(69,70)71)21-38(45(27)47(46)66)53-50-54-49(55-51(56-50)63(2)31-7-5-4-6-8-31)52-28-9-11-29(12-10-28)57-58-30-13-14-40(64)35(20-30)48(67)68;;;;;/h4-24,64-66H,1-3H3,(H,67,68)(H,69,70,71)(H,72,73,74)(H,75,76,77)(H,78,79,80)(H2,52,53,54,55,56);;;;;/q;5*+1/p-5. The Morgan fingerprint density at radius 2 is 1.17 bits per heavy atom. The quantitative estimate of drug-likeness (QED) is 0.0321. The Balaban J connectivity index is 0.00000346. The molecular weight excluding hydrogens is 1310 g/mol. The monoisotopic (exact) mass is 1350 g/mol.